The molecule has 1 nitrogen and oxygen atoms in total. The quantitative estimate of drug-likeness (QED) is 0.436. The first-order valence-corrected chi connectivity index (χ1v) is 6.89. The third-order valence-corrected chi connectivity index (χ3v) is 4.02. The van der Waals surface area contributed by atoms with Crippen LogP contribution in [0.15, 0.2) is 0 Å². The summed E-state index contributed by atoms with van der Waals surface area (Å²) in [6.45, 7) is 28.6. The Labute approximate surface area is 119 Å². The minimum atomic E-state index is 0. The average Bonchev–Trinajstić information content (AvgIpc) is 1.67. The zero-order valence-electron chi connectivity index (χ0n) is 15.0. The Bertz CT molecular complexity index is 204. The van der Waals surface area contributed by atoms with Gasteiger partial charge in [-0.15, -0.1) is 0 Å². The SMILES string of the molecule is CC(C)(C)[N+](C(C)(C)C)(C(C)(C)C)C(C)(C)C.[B-]. The Hall–Kier alpha value is 0.0249. The standard InChI is InChI=1S/C16H36N.B/c1-13(2,3)17(14(4,5)6,15(7,8)9)16(10,11)12;/h1-12H3;/q+1;-1. The summed E-state index contributed by atoms with van der Waals surface area (Å²) in [5.74, 6) is 0. The van der Waals surface area contributed by atoms with E-state index < -0.39 is 0 Å². The number of nitrogens with zero attached hydrogens (tertiary/aromatic N) is 1. The first kappa shape index (κ1) is 20.3. The van der Waals surface area contributed by atoms with E-state index in [1.807, 2.05) is 0 Å². The molecule has 0 saturated heterocycles. The molecule has 18 heavy (non-hydrogen) atoms. The Kier molecular flexibility index (Phi) is 5.48. The fourth-order valence-corrected chi connectivity index (χ4v) is 6.04. The summed E-state index contributed by atoms with van der Waals surface area (Å²) in [4.78, 5) is 0. The van der Waals surface area contributed by atoms with Gasteiger partial charge in [0.2, 0.25) is 0 Å². The van der Waals surface area contributed by atoms with Crippen LogP contribution in [0.1, 0.15) is 83.1 Å². The molecule has 0 atom stereocenters. The predicted molar refractivity (Wildman–Crippen MR) is 85.0 cm³/mol. The summed E-state index contributed by atoms with van der Waals surface area (Å²) in [6, 6.07) is 0. The molecule has 0 rings (SSSR count). The molecule has 0 unspecified atom stereocenters. The fourth-order valence-electron chi connectivity index (χ4n) is 6.04. The molecule has 4 radical (unpaired) electrons. The third kappa shape index (κ3) is 2.79. The molecular formula is C16H36BN. The van der Waals surface area contributed by atoms with Gasteiger partial charge in [0.15, 0.2) is 0 Å². The predicted octanol–water partition coefficient (Wildman–Crippen LogP) is 4.62. The van der Waals surface area contributed by atoms with Gasteiger partial charge in [0.05, 0.1) is 22.2 Å². The van der Waals surface area contributed by atoms with Crippen LogP contribution in [0.5, 0.6) is 0 Å². The summed E-state index contributed by atoms with van der Waals surface area (Å²) in [5.41, 5.74) is 0.812. The second kappa shape index (κ2) is 4.85. The summed E-state index contributed by atoms with van der Waals surface area (Å²) >= 11 is 0. The van der Waals surface area contributed by atoms with Crippen molar-refractivity contribution in [1.82, 2.24) is 0 Å². The van der Waals surface area contributed by atoms with Crippen molar-refractivity contribution >= 4 is 8.41 Å². The summed E-state index contributed by atoms with van der Waals surface area (Å²) in [7, 11) is 0. The average molecular weight is 253 g/mol. The molecule has 0 aliphatic rings. The number of rotatable bonds is 0. The Morgan fingerprint density at radius 3 is 0.500 bits per heavy atom. The first-order chi connectivity index (χ1) is 7.00. The van der Waals surface area contributed by atoms with Crippen LogP contribution >= 0.6 is 0 Å². The van der Waals surface area contributed by atoms with Gasteiger partial charge in [-0.1, -0.05) is 0 Å². The molecule has 0 aromatic rings. The third-order valence-electron chi connectivity index (χ3n) is 4.02. The van der Waals surface area contributed by atoms with Crippen LogP contribution in [0.2, 0.25) is 0 Å². The van der Waals surface area contributed by atoms with E-state index in [4.69, 9.17) is 0 Å². The molecule has 0 bridgehead atoms. The zero-order chi connectivity index (χ0) is 14.5. The van der Waals surface area contributed by atoms with E-state index in [2.05, 4.69) is 83.1 Å². The van der Waals surface area contributed by atoms with Crippen LogP contribution < -0.4 is 0 Å². The van der Waals surface area contributed by atoms with E-state index in [9.17, 15) is 0 Å². The number of hydrogen-bond donors (Lipinski definition) is 0. The maximum Gasteiger partial charge on any atom is 0.0918 e. The van der Waals surface area contributed by atoms with Crippen molar-refractivity contribution in [2.75, 3.05) is 0 Å². The molecule has 0 amide bonds. The normalized spacial score (nSPS) is 15.3. The van der Waals surface area contributed by atoms with Crippen molar-refractivity contribution in [3.8, 4) is 0 Å². The molecule has 108 valence electrons. The molecule has 2 heteroatoms. The molecule has 0 heterocycles. The van der Waals surface area contributed by atoms with Crippen LogP contribution in [0.4, 0.5) is 0 Å². The van der Waals surface area contributed by atoms with E-state index in [-0.39, 0.29) is 30.6 Å². The van der Waals surface area contributed by atoms with E-state index >= 15 is 0 Å². The molecule has 0 aliphatic heterocycles. The summed E-state index contributed by atoms with van der Waals surface area (Å²) in [6.07, 6.45) is 0. The molecule has 0 N–H and O–H groups in total. The van der Waals surface area contributed by atoms with Crippen LogP contribution in [-0.2, 0) is 0 Å². The van der Waals surface area contributed by atoms with Gasteiger partial charge < -0.3 is 12.9 Å². The van der Waals surface area contributed by atoms with Gasteiger partial charge >= 0.3 is 0 Å². The highest BCUT2D eigenvalue weighted by Gasteiger charge is 2.62. The first-order valence-electron chi connectivity index (χ1n) is 6.89. The molecule has 0 aromatic heterocycles. The van der Waals surface area contributed by atoms with Gasteiger partial charge in [-0.05, 0) is 83.1 Å². The van der Waals surface area contributed by atoms with E-state index in [1.54, 1.807) is 0 Å². The fraction of sp³-hybridized carbons (Fsp3) is 1.00. The smallest absolute Gasteiger partial charge is 0.0918 e. The highest BCUT2D eigenvalue weighted by atomic mass is 15.5. The monoisotopic (exact) mass is 253 g/mol. The van der Waals surface area contributed by atoms with Crippen molar-refractivity contribution in [2.24, 2.45) is 0 Å². The molecule has 0 saturated carbocycles. The maximum absolute atomic E-state index is 2.38. The van der Waals surface area contributed by atoms with E-state index in [1.165, 1.54) is 0 Å². The number of hydrogen-bond acceptors (Lipinski definition) is 0. The van der Waals surface area contributed by atoms with Gasteiger partial charge in [0.1, 0.15) is 0 Å². The molecule has 0 aromatic carbocycles. The highest BCUT2D eigenvalue weighted by molar-refractivity contribution is 5.75. The van der Waals surface area contributed by atoms with Gasteiger partial charge in [-0.25, -0.2) is 0 Å². The van der Waals surface area contributed by atoms with Crippen LogP contribution in [0.25, 0.3) is 0 Å². The lowest BCUT2D eigenvalue weighted by Gasteiger charge is -2.70. The second-order valence-electron chi connectivity index (χ2n) is 9.35. The minimum Gasteiger partial charge on any atom is -1.00 e. The van der Waals surface area contributed by atoms with Crippen LogP contribution in [0, 0.1) is 0 Å². The largest absolute Gasteiger partial charge is 1.00 e. The molecule has 0 spiro atoms. The summed E-state index contributed by atoms with van der Waals surface area (Å²) < 4.78 is 1.08. The zero-order valence-corrected chi connectivity index (χ0v) is 15.0. The van der Waals surface area contributed by atoms with Gasteiger partial charge in [-0.3, -0.25) is 0 Å². The molecule has 0 fully saturated rings. The van der Waals surface area contributed by atoms with Crippen LogP contribution in [-0.4, -0.2) is 35.1 Å². The lowest BCUT2D eigenvalue weighted by atomic mass is 9.75. The lowest BCUT2D eigenvalue weighted by Crippen LogP contribution is -2.82. The van der Waals surface area contributed by atoms with Gasteiger partial charge in [0, 0.05) is 0 Å². The van der Waals surface area contributed by atoms with Gasteiger partial charge in [0.25, 0.3) is 0 Å². The van der Waals surface area contributed by atoms with Crippen LogP contribution in [0.3, 0.4) is 0 Å². The Morgan fingerprint density at radius 1 is 0.389 bits per heavy atom. The second-order valence-corrected chi connectivity index (χ2v) is 9.35. The topological polar surface area (TPSA) is 0 Å². The summed E-state index contributed by atoms with van der Waals surface area (Å²) in [5, 5.41) is 0. The Balaban J connectivity index is 0. The van der Waals surface area contributed by atoms with Gasteiger partial charge in [-0.2, -0.15) is 0 Å². The van der Waals surface area contributed by atoms with Crippen molar-refractivity contribution in [2.45, 2.75) is 105 Å². The van der Waals surface area contributed by atoms with E-state index in [0.29, 0.717) is 0 Å². The maximum atomic E-state index is 2.38. The van der Waals surface area contributed by atoms with Crippen molar-refractivity contribution in [3.63, 3.8) is 0 Å². The molecular weight excluding hydrogens is 217 g/mol. The van der Waals surface area contributed by atoms with Crippen molar-refractivity contribution in [3.05, 3.63) is 0 Å². The highest BCUT2D eigenvalue weighted by Crippen LogP contribution is 2.50. The van der Waals surface area contributed by atoms with E-state index in [0.717, 1.165) is 4.48 Å². The van der Waals surface area contributed by atoms with Crippen molar-refractivity contribution in [1.29, 1.82) is 0 Å². The minimum absolute atomic E-state index is 0. The van der Waals surface area contributed by atoms with Crippen molar-refractivity contribution < 1.29 is 4.48 Å². The Morgan fingerprint density at radius 2 is 0.500 bits per heavy atom. The molecule has 0 aliphatic carbocycles. The lowest BCUT2D eigenvalue weighted by molar-refractivity contribution is -1.08. The number of quaternary nitrogens is 1.